The maximum absolute atomic E-state index is 13.5. The van der Waals surface area contributed by atoms with Gasteiger partial charge < -0.3 is 15.5 Å². The van der Waals surface area contributed by atoms with Crippen LogP contribution < -0.4 is 15.5 Å². The zero-order chi connectivity index (χ0) is 20.8. The number of sulfone groups is 1. The fraction of sp³-hybridized carbons (Fsp3) is 0.650. The summed E-state index contributed by atoms with van der Waals surface area (Å²) in [5.74, 6) is 0.410. The van der Waals surface area contributed by atoms with Crippen molar-refractivity contribution in [2.24, 2.45) is 4.99 Å². The van der Waals surface area contributed by atoms with E-state index in [1.807, 2.05) is 13.0 Å². The molecule has 1 saturated heterocycles. The van der Waals surface area contributed by atoms with Crippen LogP contribution in [0.4, 0.5) is 10.1 Å². The number of aliphatic imine (C=N–C) groups is 1. The van der Waals surface area contributed by atoms with Crippen molar-refractivity contribution in [1.29, 1.82) is 0 Å². The normalized spacial score (nSPS) is 18.2. The lowest BCUT2D eigenvalue weighted by Gasteiger charge is -2.35. The summed E-state index contributed by atoms with van der Waals surface area (Å²) < 4.78 is 37.3. The molecule has 9 heteroatoms. The summed E-state index contributed by atoms with van der Waals surface area (Å²) in [4.78, 5) is 6.62. The van der Waals surface area contributed by atoms with Crippen molar-refractivity contribution in [3.05, 3.63) is 30.1 Å². The van der Waals surface area contributed by atoms with Crippen LogP contribution in [0.25, 0.3) is 0 Å². The van der Waals surface area contributed by atoms with E-state index in [0.717, 1.165) is 31.6 Å². The Balaban J connectivity index is 0.00000420. The number of hydrogen-bond acceptors (Lipinski definition) is 4. The second-order valence-electron chi connectivity index (χ2n) is 8.10. The minimum Gasteiger partial charge on any atom is -0.369 e. The van der Waals surface area contributed by atoms with Gasteiger partial charge in [-0.15, -0.1) is 24.0 Å². The topological polar surface area (TPSA) is 73.8 Å². The summed E-state index contributed by atoms with van der Waals surface area (Å²) in [6.45, 7) is 9.64. The first-order valence-electron chi connectivity index (χ1n) is 9.90. The van der Waals surface area contributed by atoms with E-state index in [1.165, 1.54) is 6.07 Å². The largest absolute Gasteiger partial charge is 0.369 e. The second kappa shape index (κ2) is 11.3. The highest BCUT2D eigenvalue weighted by Crippen LogP contribution is 2.21. The van der Waals surface area contributed by atoms with E-state index in [0.29, 0.717) is 12.5 Å². The Labute approximate surface area is 191 Å². The minimum absolute atomic E-state index is 0. The van der Waals surface area contributed by atoms with Crippen LogP contribution in [0.1, 0.15) is 40.5 Å². The van der Waals surface area contributed by atoms with Gasteiger partial charge in [0.1, 0.15) is 5.82 Å². The summed E-state index contributed by atoms with van der Waals surface area (Å²) >= 11 is 0. The third-order valence-electron chi connectivity index (χ3n) is 4.84. The quantitative estimate of drug-likeness (QED) is 0.330. The molecule has 166 valence electrons. The fourth-order valence-corrected chi connectivity index (χ4v) is 4.04. The molecule has 1 fully saturated rings. The van der Waals surface area contributed by atoms with Gasteiger partial charge in [-0.2, -0.15) is 0 Å². The zero-order valence-corrected chi connectivity index (χ0v) is 20.9. The number of hydrogen-bond donors (Lipinski definition) is 2. The second-order valence-corrected chi connectivity index (χ2v) is 11.0. The Bertz CT molecular complexity index is 781. The van der Waals surface area contributed by atoms with Crippen molar-refractivity contribution in [2.45, 2.75) is 51.3 Å². The summed E-state index contributed by atoms with van der Waals surface area (Å²) in [6, 6.07) is 6.81. The van der Waals surface area contributed by atoms with Crippen molar-refractivity contribution < 1.29 is 12.8 Å². The zero-order valence-electron chi connectivity index (χ0n) is 17.7. The van der Waals surface area contributed by atoms with Crippen LogP contribution in [0.2, 0.25) is 0 Å². The van der Waals surface area contributed by atoms with Crippen LogP contribution in [0.5, 0.6) is 0 Å². The lowest BCUT2D eigenvalue weighted by Crippen LogP contribution is -2.51. The molecule has 1 atom stereocenters. The molecule has 29 heavy (non-hydrogen) atoms. The van der Waals surface area contributed by atoms with Gasteiger partial charge in [-0.1, -0.05) is 6.07 Å². The van der Waals surface area contributed by atoms with Crippen LogP contribution in [0.3, 0.4) is 0 Å². The molecule has 6 nitrogen and oxygen atoms in total. The van der Waals surface area contributed by atoms with Crippen molar-refractivity contribution in [3.63, 3.8) is 0 Å². The molecule has 1 aromatic rings. The van der Waals surface area contributed by atoms with Gasteiger partial charge in [0.25, 0.3) is 0 Å². The molecule has 1 unspecified atom stereocenters. The van der Waals surface area contributed by atoms with E-state index >= 15 is 0 Å². The maximum Gasteiger partial charge on any atom is 0.191 e. The lowest BCUT2D eigenvalue weighted by atomic mass is 10.0. The number of anilines is 1. The number of nitrogens with zero attached hydrogens (tertiary/aromatic N) is 2. The number of piperidine rings is 1. The number of benzene rings is 1. The van der Waals surface area contributed by atoms with Crippen LogP contribution in [0, 0.1) is 5.82 Å². The Hall–Kier alpha value is -1.10. The first-order valence-corrected chi connectivity index (χ1v) is 11.6. The first-order chi connectivity index (χ1) is 13.1. The highest BCUT2D eigenvalue weighted by molar-refractivity contribution is 14.0. The Morgan fingerprint density at radius 2 is 2.07 bits per heavy atom. The van der Waals surface area contributed by atoms with Gasteiger partial charge in [0, 0.05) is 31.4 Å². The average Bonchev–Trinajstić information content (AvgIpc) is 2.61. The van der Waals surface area contributed by atoms with Crippen molar-refractivity contribution >= 4 is 45.5 Å². The van der Waals surface area contributed by atoms with Crippen molar-refractivity contribution in [3.8, 4) is 0 Å². The number of halogens is 2. The van der Waals surface area contributed by atoms with Gasteiger partial charge in [-0.25, -0.2) is 12.8 Å². The molecule has 0 radical (unpaired) electrons. The Kier molecular flexibility index (Phi) is 10.1. The molecular formula is C20H34FIN4O2S. The molecule has 0 aliphatic carbocycles. The average molecular weight is 540 g/mol. The van der Waals surface area contributed by atoms with Crippen LogP contribution in [-0.4, -0.2) is 57.1 Å². The highest BCUT2D eigenvalue weighted by Gasteiger charge is 2.28. The van der Waals surface area contributed by atoms with E-state index in [9.17, 15) is 12.8 Å². The van der Waals surface area contributed by atoms with Gasteiger partial charge >= 0.3 is 0 Å². The predicted molar refractivity (Wildman–Crippen MR) is 130 cm³/mol. The smallest absolute Gasteiger partial charge is 0.191 e. The highest BCUT2D eigenvalue weighted by atomic mass is 127. The van der Waals surface area contributed by atoms with Crippen molar-refractivity contribution in [1.82, 2.24) is 10.6 Å². The molecule has 2 N–H and O–H groups in total. The molecule has 1 aliphatic rings. The van der Waals surface area contributed by atoms with Gasteiger partial charge in [0.05, 0.1) is 17.0 Å². The third-order valence-corrected chi connectivity index (χ3v) is 7.43. The molecule has 0 bridgehead atoms. The van der Waals surface area contributed by atoms with Crippen molar-refractivity contribution in [2.75, 3.05) is 36.8 Å². The number of rotatable bonds is 6. The van der Waals surface area contributed by atoms with E-state index in [1.54, 1.807) is 32.9 Å². The Morgan fingerprint density at radius 1 is 1.34 bits per heavy atom. The van der Waals surface area contributed by atoms with Gasteiger partial charge in [0.15, 0.2) is 15.8 Å². The number of guanidine groups is 1. The first kappa shape index (κ1) is 25.9. The SMILES string of the molecule is CCNC(=NCCS(=O)(=O)C(C)(C)C)NC1CCCN(c2cccc(F)c2)C1.I. The lowest BCUT2D eigenvalue weighted by molar-refractivity contribution is 0.467. The molecular weight excluding hydrogens is 506 g/mol. The standard InChI is InChI=1S/C20H33FN4O2S.HI/c1-5-22-19(23-11-13-28(26,27)20(2,3)4)24-17-9-7-12-25(15-17)18-10-6-8-16(21)14-18;/h6,8,10,14,17H,5,7,9,11-13,15H2,1-4H3,(H2,22,23,24);1H. The third kappa shape index (κ3) is 7.92. The van der Waals surface area contributed by atoms with E-state index in [-0.39, 0.29) is 48.1 Å². The summed E-state index contributed by atoms with van der Waals surface area (Å²) in [5, 5.41) is 6.59. The summed E-state index contributed by atoms with van der Waals surface area (Å²) in [5.41, 5.74) is 0.879. The number of nitrogens with one attached hydrogen (secondary N) is 2. The molecule has 1 heterocycles. The van der Waals surface area contributed by atoms with E-state index in [2.05, 4.69) is 20.5 Å². The van der Waals surface area contributed by atoms with Gasteiger partial charge in [-0.05, 0) is 58.7 Å². The summed E-state index contributed by atoms with van der Waals surface area (Å²) in [6.07, 6.45) is 1.97. The molecule has 0 amide bonds. The molecule has 1 aromatic carbocycles. The monoisotopic (exact) mass is 540 g/mol. The van der Waals surface area contributed by atoms with Gasteiger partial charge in [0.2, 0.25) is 0 Å². The van der Waals surface area contributed by atoms with Crippen LogP contribution in [0.15, 0.2) is 29.3 Å². The molecule has 1 aliphatic heterocycles. The summed E-state index contributed by atoms with van der Waals surface area (Å²) in [7, 11) is -3.20. The molecule has 2 rings (SSSR count). The molecule has 0 aromatic heterocycles. The fourth-order valence-electron chi connectivity index (χ4n) is 3.10. The minimum atomic E-state index is -3.20. The van der Waals surface area contributed by atoms with E-state index < -0.39 is 14.6 Å². The molecule has 0 saturated carbocycles. The Morgan fingerprint density at radius 3 is 2.69 bits per heavy atom. The van der Waals surface area contributed by atoms with Gasteiger partial charge in [-0.3, -0.25) is 4.99 Å². The van der Waals surface area contributed by atoms with E-state index in [4.69, 9.17) is 0 Å². The molecule has 0 spiro atoms. The van der Waals surface area contributed by atoms with Crippen LogP contribution in [-0.2, 0) is 9.84 Å². The van der Waals surface area contributed by atoms with Crippen LogP contribution >= 0.6 is 24.0 Å². The predicted octanol–water partition coefficient (Wildman–Crippen LogP) is 3.18. The maximum atomic E-state index is 13.5.